The molecule has 0 radical (unpaired) electrons. The van der Waals surface area contributed by atoms with Crippen molar-refractivity contribution in [2.24, 2.45) is 0 Å². The summed E-state index contributed by atoms with van der Waals surface area (Å²) in [6.07, 6.45) is 0. The average Bonchev–Trinajstić information content (AvgIpc) is 2.76. The minimum atomic E-state index is -0.430. The molecule has 0 aliphatic heterocycles. The van der Waals surface area contributed by atoms with Crippen LogP contribution in [-0.2, 0) is 6.54 Å². The summed E-state index contributed by atoms with van der Waals surface area (Å²) >= 11 is 1.09. The van der Waals surface area contributed by atoms with E-state index < -0.39 is 4.92 Å². The second kappa shape index (κ2) is 5.14. The lowest BCUT2D eigenvalue weighted by Gasteiger charge is -2.06. The largest absolute Gasteiger partial charge is 0.378 e. The fraction of sp³-hybridized carbons (Fsp3) is 0.167. The number of thiophene rings is 1. The number of anilines is 1. The highest BCUT2D eigenvalue weighted by Gasteiger charge is 2.09. The lowest BCUT2D eigenvalue weighted by molar-refractivity contribution is -0.380. The molecule has 0 aliphatic carbocycles. The van der Waals surface area contributed by atoms with Gasteiger partial charge in [-0.25, -0.2) is 4.39 Å². The van der Waals surface area contributed by atoms with Crippen molar-refractivity contribution in [2.45, 2.75) is 13.5 Å². The fourth-order valence-corrected chi connectivity index (χ4v) is 2.27. The Labute approximate surface area is 107 Å². The normalized spacial score (nSPS) is 10.3. The first kappa shape index (κ1) is 12.5. The molecular weight excluding hydrogens is 255 g/mol. The van der Waals surface area contributed by atoms with Crippen LogP contribution in [0.5, 0.6) is 0 Å². The molecule has 94 valence electrons. The van der Waals surface area contributed by atoms with Gasteiger partial charge in [0.1, 0.15) is 5.82 Å². The van der Waals surface area contributed by atoms with E-state index in [2.05, 4.69) is 5.32 Å². The van der Waals surface area contributed by atoms with Crippen LogP contribution in [0.2, 0.25) is 0 Å². The fourth-order valence-electron chi connectivity index (χ4n) is 1.51. The Bertz CT molecular complexity index is 583. The molecule has 0 saturated carbocycles. The molecule has 2 rings (SSSR count). The lowest BCUT2D eigenvalue weighted by atomic mass is 10.2. The predicted molar refractivity (Wildman–Crippen MR) is 69.4 cm³/mol. The van der Waals surface area contributed by atoms with Gasteiger partial charge >= 0.3 is 5.00 Å². The standard InChI is InChI=1S/C12H11FN2O2S/c1-8-2-4-11(10(13)6-8)14-7-9-3-5-12(18-9)15(16)17/h2-6,14H,7H2,1H3. The first-order valence-corrected chi connectivity index (χ1v) is 6.11. The summed E-state index contributed by atoms with van der Waals surface area (Å²) in [5, 5.41) is 13.5. The van der Waals surface area contributed by atoms with Gasteiger partial charge in [0.05, 0.1) is 10.6 Å². The predicted octanol–water partition coefficient (Wildman–Crippen LogP) is 3.72. The second-order valence-corrected chi connectivity index (χ2v) is 4.98. The van der Waals surface area contributed by atoms with Crippen molar-refractivity contribution in [3.05, 3.63) is 56.7 Å². The molecule has 0 amide bonds. The zero-order valence-electron chi connectivity index (χ0n) is 9.64. The Kier molecular flexibility index (Phi) is 3.57. The highest BCUT2D eigenvalue weighted by molar-refractivity contribution is 7.15. The van der Waals surface area contributed by atoms with Crippen LogP contribution in [0.4, 0.5) is 15.1 Å². The number of rotatable bonds is 4. The van der Waals surface area contributed by atoms with E-state index in [1.54, 1.807) is 12.1 Å². The molecule has 4 nitrogen and oxygen atoms in total. The molecule has 6 heteroatoms. The number of nitrogens with zero attached hydrogens (tertiary/aromatic N) is 1. The van der Waals surface area contributed by atoms with Crippen LogP contribution in [-0.4, -0.2) is 4.92 Å². The van der Waals surface area contributed by atoms with Crippen LogP contribution < -0.4 is 5.32 Å². The van der Waals surface area contributed by atoms with Gasteiger partial charge in [0.2, 0.25) is 0 Å². The molecule has 18 heavy (non-hydrogen) atoms. The van der Waals surface area contributed by atoms with Crippen molar-refractivity contribution in [2.75, 3.05) is 5.32 Å². The number of aryl methyl sites for hydroxylation is 1. The number of benzene rings is 1. The zero-order valence-corrected chi connectivity index (χ0v) is 10.5. The highest BCUT2D eigenvalue weighted by atomic mass is 32.1. The van der Waals surface area contributed by atoms with Crippen LogP contribution in [0, 0.1) is 22.9 Å². The molecule has 1 N–H and O–H groups in total. The number of nitro groups is 1. The molecule has 0 bridgehead atoms. The van der Waals surface area contributed by atoms with Crippen LogP contribution in [0.25, 0.3) is 0 Å². The third-order valence-corrected chi connectivity index (χ3v) is 3.44. The summed E-state index contributed by atoms with van der Waals surface area (Å²) in [5.41, 5.74) is 1.25. The molecule has 0 fully saturated rings. The van der Waals surface area contributed by atoms with E-state index in [4.69, 9.17) is 0 Å². The lowest BCUT2D eigenvalue weighted by Crippen LogP contribution is -1.99. The number of halogens is 1. The maximum atomic E-state index is 13.5. The van der Waals surface area contributed by atoms with Crippen molar-refractivity contribution in [3.63, 3.8) is 0 Å². The molecule has 0 spiro atoms. The molecule has 0 atom stereocenters. The third-order valence-electron chi connectivity index (χ3n) is 2.41. The minimum Gasteiger partial charge on any atom is -0.378 e. The van der Waals surface area contributed by atoms with Gasteiger partial charge in [0.15, 0.2) is 0 Å². The molecule has 1 heterocycles. The van der Waals surface area contributed by atoms with Gasteiger partial charge in [-0.05, 0) is 30.7 Å². The average molecular weight is 266 g/mol. The van der Waals surface area contributed by atoms with Gasteiger partial charge in [-0.1, -0.05) is 17.4 Å². The SMILES string of the molecule is Cc1ccc(NCc2ccc([N+](=O)[O-])s2)c(F)c1. The summed E-state index contributed by atoms with van der Waals surface area (Å²) in [4.78, 5) is 10.9. The maximum Gasteiger partial charge on any atom is 0.324 e. The second-order valence-electron chi connectivity index (χ2n) is 3.83. The summed E-state index contributed by atoms with van der Waals surface area (Å²) in [6.45, 7) is 2.19. The Hall–Kier alpha value is -1.95. The van der Waals surface area contributed by atoms with Crippen LogP contribution in [0.1, 0.15) is 10.4 Å². The Morgan fingerprint density at radius 2 is 2.17 bits per heavy atom. The van der Waals surface area contributed by atoms with Crippen LogP contribution in [0.15, 0.2) is 30.3 Å². The van der Waals surface area contributed by atoms with Crippen LogP contribution >= 0.6 is 11.3 Å². The van der Waals surface area contributed by atoms with E-state index >= 15 is 0 Å². The van der Waals surface area contributed by atoms with E-state index in [0.29, 0.717) is 12.2 Å². The molecule has 1 aromatic carbocycles. The summed E-state index contributed by atoms with van der Waals surface area (Å²) in [6, 6.07) is 8.03. The monoisotopic (exact) mass is 266 g/mol. The van der Waals surface area contributed by atoms with Gasteiger partial charge < -0.3 is 5.32 Å². The maximum absolute atomic E-state index is 13.5. The third kappa shape index (κ3) is 2.84. The van der Waals surface area contributed by atoms with Crippen LogP contribution in [0.3, 0.4) is 0 Å². The van der Waals surface area contributed by atoms with Crippen molar-refractivity contribution in [1.29, 1.82) is 0 Å². The quantitative estimate of drug-likeness (QED) is 0.678. The van der Waals surface area contributed by atoms with E-state index in [1.165, 1.54) is 12.1 Å². The summed E-state index contributed by atoms with van der Waals surface area (Å²) in [7, 11) is 0. The molecule has 1 aromatic heterocycles. The summed E-state index contributed by atoms with van der Waals surface area (Å²) < 4.78 is 13.5. The topological polar surface area (TPSA) is 55.2 Å². The van der Waals surface area contributed by atoms with Crippen molar-refractivity contribution >= 4 is 22.0 Å². The summed E-state index contributed by atoms with van der Waals surface area (Å²) in [5.74, 6) is -0.318. The van der Waals surface area contributed by atoms with Gasteiger partial charge in [0, 0.05) is 17.5 Å². The molecule has 0 aliphatic rings. The first-order chi connectivity index (χ1) is 8.56. The number of hydrogen-bond donors (Lipinski definition) is 1. The highest BCUT2D eigenvalue weighted by Crippen LogP contribution is 2.25. The Morgan fingerprint density at radius 1 is 1.39 bits per heavy atom. The zero-order chi connectivity index (χ0) is 13.1. The van der Waals surface area contributed by atoms with E-state index in [0.717, 1.165) is 21.8 Å². The van der Waals surface area contributed by atoms with E-state index in [1.807, 2.05) is 13.0 Å². The van der Waals surface area contributed by atoms with Gasteiger partial charge in [-0.3, -0.25) is 10.1 Å². The van der Waals surface area contributed by atoms with E-state index in [9.17, 15) is 14.5 Å². The van der Waals surface area contributed by atoms with Crippen molar-refractivity contribution in [3.8, 4) is 0 Å². The minimum absolute atomic E-state index is 0.0937. The van der Waals surface area contributed by atoms with Crippen molar-refractivity contribution in [1.82, 2.24) is 0 Å². The molecule has 2 aromatic rings. The first-order valence-electron chi connectivity index (χ1n) is 5.29. The number of hydrogen-bond acceptors (Lipinski definition) is 4. The van der Waals surface area contributed by atoms with Crippen molar-refractivity contribution < 1.29 is 9.31 Å². The van der Waals surface area contributed by atoms with Gasteiger partial charge in [-0.2, -0.15) is 0 Å². The molecule has 0 saturated heterocycles. The van der Waals surface area contributed by atoms with Gasteiger partial charge in [0.25, 0.3) is 0 Å². The Morgan fingerprint density at radius 3 is 2.78 bits per heavy atom. The smallest absolute Gasteiger partial charge is 0.324 e. The number of nitrogens with one attached hydrogen (secondary N) is 1. The van der Waals surface area contributed by atoms with Gasteiger partial charge in [-0.15, -0.1) is 0 Å². The molecular formula is C12H11FN2O2S. The molecule has 0 unspecified atom stereocenters. The Balaban J connectivity index is 2.04. The van der Waals surface area contributed by atoms with E-state index in [-0.39, 0.29) is 10.8 Å².